The van der Waals surface area contributed by atoms with E-state index in [2.05, 4.69) is 4.98 Å². The first-order chi connectivity index (χ1) is 16.7. The van der Waals surface area contributed by atoms with E-state index in [0.29, 0.717) is 0 Å². The van der Waals surface area contributed by atoms with Gasteiger partial charge in [-0.2, -0.15) is 39.5 Å². The molecule has 1 heterocycles. The van der Waals surface area contributed by atoms with Crippen molar-refractivity contribution in [1.29, 1.82) is 0 Å². The number of alkyl halides is 9. The molecule has 0 amide bonds. The van der Waals surface area contributed by atoms with E-state index in [1.54, 1.807) is 0 Å². The Hall–Kier alpha value is -3.82. The molecular weight excluding hydrogens is 497 g/mol. The van der Waals surface area contributed by atoms with Gasteiger partial charge in [0.2, 0.25) is 0 Å². The predicted molar refractivity (Wildman–Crippen MR) is 116 cm³/mol. The highest BCUT2D eigenvalue weighted by Gasteiger charge is 2.32. The number of pyridine rings is 1. The Kier molecular flexibility index (Phi) is 6.32. The third-order valence-electron chi connectivity index (χ3n) is 5.32. The fraction of sp³-hybridized carbons (Fsp3) is 0.115. The number of nitrogens with zero attached hydrogens (tertiary/aromatic N) is 1. The van der Waals surface area contributed by atoms with Crippen molar-refractivity contribution in [3.8, 4) is 33.6 Å². The van der Waals surface area contributed by atoms with E-state index in [9.17, 15) is 39.5 Å². The lowest BCUT2D eigenvalue weighted by Gasteiger charge is -2.14. The largest absolute Gasteiger partial charge is 0.416 e. The van der Waals surface area contributed by atoms with Crippen molar-refractivity contribution < 1.29 is 39.5 Å². The summed E-state index contributed by atoms with van der Waals surface area (Å²) in [6.07, 6.45) is -14.0. The maximum absolute atomic E-state index is 13.3. The summed E-state index contributed by atoms with van der Waals surface area (Å²) >= 11 is 0. The van der Waals surface area contributed by atoms with Crippen molar-refractivity contribution in [1.82, 2.24) is 4.98 Å². The van der Waals surface area contributed by atoms with Crippen LogP contribution in [0.4, 0.5) is 39.5 Å². The molecule has 0 aliphatic heterocycles. The zero-order chi connectivity index (χ0) is 26.3. The van der Waals surface area contributed by atoms with Crippen LogP contribution in [0.5, 0.6) is 0 Å². The molecule has 0 radical (unpaired) electrons. The molecule has 0 unspecified atom stereocenters. The number of hydrogen-bond donors (Lipinski definition) is 0. The normalized spacial score (nSPS) is 12.6. The van der Waals surface area contributed by atoms with Crippen LogP contribution in [0.25, 0.3) is 33.6 Å². The summed E-state index contributed by atoms with van der Waals surface area (Å²) in [5.74, 6) is 0. The topological polar surface area (TPSA) is 12.9 Å². The van der Waals surface area contributed by atoms with Crippen LogP contribution < -0.4 is 0 Å². The van der Waals surface area contributed by atoms with Crippen molar-refractivity contribution in [2.24, 2.45) is 0 Å². The van der Waals surface area contributed by atoms with Gasteiger partial charge < -0.3 is 0 Å². The van der Waals surface area contributed by atoms with E-state index in [4.69, 9.17) is 0 Å². The first kappa shape index (κ1) is 25.3. The molecule has 0 saturated carbocycles. The fourth-order valence-corrected chi connectivity index (χ4v) is 3.58. The third-order valence-corrected chi connectivity index (χ3v) is 5.32. The summed E-state index contributed by atoms with van der Waals surface area (Å²) in [7, 11) is 0. The minimum absolute atomic E-state index is 0.00752. The summed E-state index contributed by atoms with van der Waals surface area (Å²) in [6, 6.07) is 15.0. The van der Waals surface area contributed by atoms with Gasteiger partial charge in [-0.25, -0.2) is 4.98 Å². The minimum Gasteiger partial charge on any atom is -0.248 e. The third kappa shape index (κ3) is 5.53. The molecule has 1 aromatic heterocycles. The van der Waals surface area contributed by atoms with Gasteiger partial charge in [0.05, 0.1) is 28.1 Å². The van der Waals surface area contributed by atoms with Crippen LogP contribution in [0.1, 0.15) is 16.7 Å². The predicted octanol–water partition coefficient (Wildman–Crippen LogP) is 9.14. The maximum Gasteiger partial charge on any atom is 0.416 e. The standard InChI is InChI=1S/C26H14F9N/c27-24(28,29)19-7-1-4-15(10-19)18-13-22(16-5-2-8-20(11-16)25(30,31)32)36-23(14-18)17-6-3-9-21(12-17)26(33,34)35/h1-14H. The Morgan fingerprint density at radius 3 is 1.08 bits per heavy atom. The van der Waals surface area contributed by atoms with E-state index >= 15 is 0 Å². The average Bonchev–Trinajstić information content (AvgIpc) is 2.82. The SMILES string of the molecule is FC(F)(F)c1cccc(-c2cc(-c3cccc(C(F)(F)F)c3)nc(-c3cccc(C(F)(F)F)c3)c2)c1. The van der Waals surface area contributed by atoms with Gasteiger partial charge in [0.15, 0.2) is 0 Å². The Labute approximate surface area is 198 Å². The second-order valence-electron chi connectivity index (χ2n) is 7.86. The molecule has 0 spiro atoms. The van der Waals surface area contributed by atoms with Crippen molar-refractivity contribution >= 4 is 0 Å². The number of halogens is 9. The van der Waals surface area contributed by atoms with Crippen LogP contribution in [0.2, 0.25) is 0 Å². The first-order valence-corrected chi connectivity index (χ1v) is 10.3. The number of aromatic nitrogens is 1. The smallest absolute Gasteiger partial charge is 0.248 e. The Morgan fingerprint density at radius 1 is 0.389 bits per heavy atom. The molecule has 4 aromatic rings. The molecule has 0 fully saturated rings. The molecule has 1 nitrogen and oxygen atoms in total. The quantitative estimate of drug-likeness (QED) is 0.250. The van der Waals surface area contributed by atoms with Crippen molar-refractivity contribution in [3.63, 3.8) is 0 Å². The van der Waals surface area contributed by atoms with Crippen molar-refractivity contribution in [3.05, 3.63) is 102 Å². The molecule has 0 bridgehead atoms. The maximum atomic E-state index is 13.3. The molecule has 186 valence electrons. The van der Waals surface area contributed by atoms with Crippen molar-refractivity contribution in [2.75, 3.05) is 0 Å². The van der Waals surface area contributed by atoms with E-state index in [0.717, 1.165) is 54.6 Å². The minimum atomic E-state index is -4.67. The molecule has 0 N–H and O–H groups in total. The Balaban J connectivity index is 1.94. The average molecular weight is 511 g/mol. The second-order valence-corrected chi connectivity index (χ2v) is 7.86. The van der Waals surface area contributed by atoms with Crippen LogP contribution in [0, 0.1) is 0 Å². The highest BCUT2D eigenvalue weighted by Crippen LogP contribution is 2.37. The molecule has 3 aromatic carbocycles. The van der Waals surface area contributed by atoms with Gasteiger partial charge in [0, 0.05) is 11.1 Å². The lowest BCUT2D eigenvalue weighted by atomic mass is 9.97. The number of benzene rings is 3. The number of rotatable bonds is 3. The van der Waals surface area contributed by atoms with Crippen LogP contribution in [0.15, 0.2) is 84.9 Å². The highest BCUT2D eigenvalue weighted by molar-refractivity contribution is 5.77. The van der Waals surface area contributed by atoms with Crippen LogP contribution in [-0.4, -0.2) is 4.98 Å². The first-order valence-electron chi connectivity index (χ1n) is 10.3. The molecule has 0 aliphatic rings. The zero-order valence-electron chi connectivity index (χ0n) is 17.9. The van der Waals surface area contributed by atoms with Gasteiger partial charge in [-0.05, 0) is 59.7 Å². The molecule has 0 saturated heterocycles. The van der Waals surface area contributed by atoms with Crippen molar-refractivity contribution in [2.45, 2.75) is 18.5 Å². The Bertz CT molecular complexity index is 1220. The summed E-state index contributed by atoms with van der Waals surface area (Å²) in [4.78, 5) is 4.26. The molecule has 36 heavy (non-hydrogen) atoms. The van der Waals surface area contributed by atoms with Gasteiger partial charge in [-0.3, -0.25) is 0 Å². The summed E-state index contributed by atoms with van der Waals surface area (Å²) in [5.41, 5.74) is -2.84. The highest BCUT2D eigenvalue weighted by atomic mass is 19.4. The molecule has 0 atom stereocenters. The lowest BCUT2D eigenvalue weighted by molar-refractivity contribution is -0.138. The fourth-order valence-electron chi connectivity index (χ4n) is 3.58. The summed E-state index contributed by atoms with van der Waals surface area (Å²) in [5, 5.41) is 0. The molecule has 4 rings (SSSR count). The summed E-state index contributed by atoms with van der Waals surface area (Å²) < 4.78 is 119. The van der Waals surface area contributed by atoms with E-state index < -0.39 is 35.2 Å². The van der Waals surface area contributed by atoms with E-state index in [-0.39, 0.29) is 33.6 Å². The molecule has 0 aliphatic carbocycles. The van der Waals surface area contributed by atoms with Gasteiger partial charge in [-0.1, -0.05) is 36.4 Å². The van der Waals surface area contributed by atoms with E-state index in [1.807, 2.05) is 0 Å². The lowest BCUT2D eigenvalue weighted by Crippen LogP contribution is -2.05. The molecular formula is C26H14F9N. The van der Waals surface area contributed by atoms with Crippen LogP contribution in [-0.2, 0) is 18.5 Å². The van der Waals surface area contributed by atoms with Gasteiger partial charge in [0.1, 0.15) is 0 Å². The van der Waals surface area contributed by atoms with Gasteiger partial charge >= 0.3 is 18.5 Å². The zero-order valence-corrected chi connectivity index (χ0v) is 17.9. The summed E-state index contributed by atoms with van der Waals surface area (Å²) in [6.45, 7) is 0. The molecule has 10 heteroatoms. The van der Waals surface area contributed by atoms with Crippen LogP contribution >= 0.6 is 0 Å². The van der Waals surface area contributed by atoms with E-state index in [1.165, 1.54) is 30.3 Å². The monoisotopic (exact) mass is 511 g/mol. The van der Waals surface area contributed by atoms with Gasteiger partial charge in [0.25, 0.3) is 0 Å². The van der Waals surface area contributed by atoms with Gasteiger partial charge in [-0.15, -0.1) is 0 Å². The van der Waals surface area contributed by atoms with Crippen LogP contribution in [0.3, 0.4) is 0 Å². The Morgan fingerprint density at radius 2 is 0.722 bits per heavy atom. The second kappa shape index (κ2) is 9.00. The number of hydrogen-bond acceptors (Lipinski definition) is 1.